The largest absolute Gasteiger partial charge is 0.300 e. The molecule has 0 aliphatic rings. The van der Waals surface area contributed by atoms with Gasteiger partial charge >= 0.3 is 0 Å². The number of ketones is 1. The summed E-state index contributed by atoms with van der Waals surface area (Å²) in [5.41, 5.74) is 0. The van der Waals surface area contributed by atoms with Crippen molar-refractivity contribution in [3.63, 3.8) is 0 Å². The molecule has 0 N–H and O–H groups in total. The molecule has 0 saturated carbocycles. The fourth-order valence-corrected chi connectivity index (χ4v) is 0.540. The van der Waals surface area contributed by atoms with E-state index in [1.54, 1.807) is 6.92 Å². The minimum absolute atomic E-state index is 0.228. The highest BCUT2D eigenvalue weighted by atomic mass is 16.1. The van der Waals surface area contributed by atoms with Crippen molar-refractivity contribution in [3.8, 4) is 11.8 Å². The quantitative estimate of drug-likeness (QED) is 0.546. The van der Waals surface area contributed by atoms with E-state index in [-0.39, 0.29) is 5.78 Å². The predicted octanol–water partition coefficient (Wildman–Crippen LogP) is 2.16. The summed E-state index contributed by atoms with van der Waals surface area (Å²) in [4.78, 5) is 10.4. The van der Waals surface area contributed by atoms with Gasteiger partial charge in [0.1, 0.15) is 5.78 Å². The summed E-state index contributed by atoms with van der Waals surface area (Å²) < 4.78 is 0. The minimum Gasteiger partial charge on any atom is -0.300 e. The van der Waals surface area contributed by atoms with Crippen LogP contribution in [0.5, 0.6) is 0 Å². The second kappa shape index (κ2) is 6.35. The summed E-state index contributed by atoms with van der Waals surface area (Å²) in [6, 6.07) is 0. The summed E-state index contributed by atoms with van der Waals surface area (Å²) in [5.74, 6) is 6.16. The maximum absolute atomic E-state index is 10.4. The van der Waals surface area contributed by atoms with Crippen LogP contribution in [-0.4, -0.2) is 5.78 Å². The Labute approximate surface area is 62.8 Å². The molecule has 0 atom stereocenters. The van der Waals surface area contributed by atoms with Crippen LogP contribution in [0.15, 0.2) is 0 Å². The van der Waals surface area contributed by atoms with Crippen LogP contribution in [0.4, 0.5) is 0 Å². The number of Topliss-reactive ketones (excluding diaryl/α,β-unsaturated/α-hetero) is 1. The van der Waals surface area contributed by atoms with E-state index in [4.69, 9.17) is 0 Å². The van der Waals surface area contributed by atoms with Gasteiger partial charge < -0.3 is 0 Å². The van der Waals surface area contributed by atoms with Gasteiger partial charge in [0, 0.05) is 19.3 Å². The zero-order valence-electron chi connectivity index (χ0n) is 6.74. The third-order valence-electron chi connectivity index (χ3n) is 1.10. The molecule has 0 radical (unpaired) electrons. The maximum atomic E-state index is 10.4. The van der Waals surface area contributed by atoms with Crippen molar-refractivity contribution in [2.24, 2.45) is 0 Å². The molecule has 0 unspecified atom stereocenters. The number of unbranched alkanes of at least 4 members (excludes halogenated alkanes) is 1. The number of rotatable bonds is 3. The zero-order valence-corrected chi connectivity index (χ0v) is 6.74. The molecular formula is C9H14O. The van der Waals surface area contributed by atoms with E-state index in [9.17, 15) is 4.79 Å². The molecule has 1 heteroatoms. The van der Waals surface area contributed by atoms with Gasteiger partial charge in [-0.1, -0.05) is 6.92 Å². The third kappa shape index (κ3) is 7.23. The first kappa shape index (κ1) is 9.23. The van der Waals surface area contributed by atoms with Crippen molar-refractivity contribution in [1.29, 1.82) is 0 Å². The van der Waals surface area contributed by atoms with Gasteiger partial charge in [0.15, 0.2) is 0 Å². The lowest BCUT2D eigenvalue weighted by Gasteiger charge is -1.83. The van der Waals surface area contributed by atoms with Gasteiger partial charge in [0.2, 0.25) is 0 Å². The Balaban J connectivity index is 3.20. The van der Waals surface area contributed by atoms with E-state index in [0.29, 0.717) is 6.42 Å². The van der Waals surface area contributed by atoms with Crippen molar-refractivity contribution < 1.29 is 4.79 Å². The first-order valence-corrected chi connectivity index (χ1v) is 3.72. The number of hydrogen-bond donors (Lipinski definition) is 0. The van der Waals surface area contributed by atoms with Gasteiger partial charge in [-0.2, -0.15) is 0 Å². The molecule has 0 rings (SSSR count). The topological polar surface area (TPSA) is 17.1 Å². The molecular weight excluding hydrogens is 124 g/mol. The van der Waals surface area contributed by atoms with Gasteiger partial charge in [-0.3, -0.25) is 4.79 Å². The van der Waals surface area contributed by atoms with Crippen LogP contribution in [0.2, 0.25) is 0 Å². The highest BCUT2D eigenvalue weighted by Gasteiger charge is 1.86. The molecule has 0 heterocycles. The molecule has 1 nitrogen and oxygen atoms in total. The lowest BCUT2D eigenvalue weighted by molar-refractivity contribution is -0.116. The van der Waals surface area contributed by atoms with Gasteiger partial charge in [-0.25, -0.2) is 0 Å². The fraction of sp³-hybridized carbons (Fsp3) is 0.667. The highest BCUT2D eigenvalue weighted by Crippen LogP contribution is 1.88. The SMILES string of the molecule is CCCC#CCCC(C)=O. The van der Waals surface area contributed by atoms with Crippen molar-refractivity contribution in [2.75, 3.05) is 0 Å². The van der Waals surface area contributed by atoms with Crippen LogP contribution in [0.3, 0.4) is 0 Å². The normalized spacial score (nSPS) is 8.20. The Hall–Kier alpha value is -0.770. The highest BCUT2D eigenvalue weighted by molar-refractivity contribution is 5.75. The third-order valence-corrected chi connectivity index (χ3v) is 1.10. The average molecular weight is 138 g/mol. The van der Waals surface area contributed by atoms with Gasteiger partial charge in [0.25, 0.3) is 0 Å². The van der Waals surface area contributed by atoms with Crippen molar-refractivity contribution in [1.82, 2.24) is 0 Å². The van der Waals surface area contributed by atoms with Gasteiger partial charge in [-0.05, 0) is 13.3 Å². The van der Waals surface area contributed by atoms with E-state index in [1.807, 2.05) is 0 Å². The monoisotopic (exact) mass is 138 g/mol. The van der Waals surface area contributed by atoms with Crippen LogP contribution in [0, 0.1) is 11.8 Å². The Morgan fingerprint density at radius 1 is 1.30 bits per heavy atom. The summed E-state index contributed by atoms with van der Waals surface area (Å²) >= 11 is 0. The molecule has 0 aromatic rings. The minimum atomic E-state index is 0.228. The Kier molecular flexibility index (Phi) is 5.86. The second-order valence-electron chi connectivity index (χ2n) is 2.31. The summed E-state index contributed by atoms with van der Waals surface area (Å²) in [6.07, 6.45) is 3.40. The van der Waals surface area contributed by atoms with Crippen molar-refractivity contribution in [3.05, 3.63) is 0 Å². The molecule has 0 aliphatic carbocycles. The summed E-state index contributed by atoms with van der Waals surface area (Å²) in [6.45, 7) is 3.70. The maximum Gasteiger partial charge on any atom is 0.130 e. The summed E-state index contributed by atoms with van der Waals surface area (Å²) in [7, 11) is 0. The van der Waals surface area contributed by atoms with E-state index >= 15 is 0 Å². The zero-order chi connectivity index (χ0) is 7.82. The molecule has 0 saturated heterocycles. The number of hydrogen-bond acceptors (Lipinski definition) is 1. The van der Waals surface area contributed by atoms with E-state index in [1.165, 1.54) is 0 Å². The van der Waals surface area contributed by atoms with E-state index < -0.39 is 0 Å². The Morgan fingerprint density at radius 3 is 2.40 bits per heavy atom. The van der Waals surface area contributed by atoms with E-state index in [2.05, 4.69) is 18.8 Å². The van der Waals surface area contributed by atoms with Crippen molar-refractivity contribution in [2.45, 2.75) is 39.5 Å². The molecule has 0 aromatic carbocycles. The molecule has 0 aliphatic heterocycles. The first-order valence-electron chi connectivity index (χ1n) is 3.72. The smallest absolute Gasteiger partial charge is 0.130 e. The summed E-state index contributed by atoms with van der Waals surface area (Å²) in [5, 5.41) is 0. The molecule has 0 spiro atoms. The Bertz CT molecular complexity index is 148. The predicted molar refractivity (Wildman–Crippen MR) is 42.6 cm³/mol. The molecule has 10 heavy (non-hydrogen) atoms. The van der Waals surface area contributed by atoms with Gasteiger partial charge in [0.05, 0.1) is 0 Å². The standard InChI is InChI=1S/C9H14O/c1-3-4-5-6-7-8-9(2)10/h3-4,7-8H2,1-2H3. The van der Waals surface area contributed by atoms with E-state index in [0.717, 1.165) is 19.3 Å². The molecule has 56 valence electrons. The number of carbonyl (C=O) groups excluding carboxylic acids is 1. The molecule has 0 fully saturated rings. The Morgan fingerprint density at radius 2 is 1.90 bits per heavy atom. The van der Waals surface area contributed by atoms with Crippen LogP contribution >= 0.6 is 0 Å². The fourth-order valence-electron chi connectivity index (χ4n) is 0.540. The lowest BCUT2D eigenvalue weighted by Crippen LogP contribution is -1.86. The number of carbonyl (C=O) groups is 1. The van der Waals surface area contributed by atoms with Gasteiger partial charge in [-0.15, -0.1) is 11.8 Å². The molecule has 0 aromatic heterocycles. The first-order chi connectivity index (χ1) is 4.77. The van der Waals surface area contributed by atoms with Crippen LogP contribution in [0.25, 0.3) is 0 Å². The van der Waals surface area contributed by atoms with Crippen LogP contribution in [0.1, 0.15) is 39.5 Å². The molecule has 0 amide bonds. The van der Waals surface area contributed by atoms with Crippen molar-refractivity contribution >= 4 is 5.78 Å². The second-order valence-corrected chi connectivity index (χ2v) is 2.31. The average Bonchev–Trinajstić information content (AvgIpc) is 1.87. The molecule has 0 bridgehead atoms. The lowest BCUT2D eigenvalue weighted by atomic mass is 10.2. The van der Waals surface area contributed by atoms with Crippen LogP contribution in [-0.2, 0) is 4.79 Å². The van der Waals surface area contributed by atoms with Crippen LogP contribution < -0.4 is 0 Å².